The summed E-state index contributed by atoms with van der Waals surface area (Å²) < 4.78 is 0. The maximum atomic E-state index is 4.27. The van der Waals surface area contributed by atoms with E-state index in [2.05, 4.69) is 25.4 Å². The normalized spacial score (nSPS) is 10.9. The molecule has 0 fully saturated rings. The molecule has 6 heteroatoms. The van der Waals surface area contributed by atoms with Gasteiger partial charge in [-0.25, -0.2) is 9.97 Å². The van der Waals surface area contributed by atoms with Gasteiger partial charge in [-0.1, -0.05) is 11.3 Å². The summed E-state index contributed by atoms with van der Waals surface area (Å²) in [7, 11) is 0. The Hall–Kier alpha value is -1.82. The third kappa shape index (κ3) is 1.08. The van der Waals surface area contributed by atoms with Crippen LogP contribution in [0.2, 0.25) is 0 Å². The Morgan fingerprint density at radius 3 is 3.21 bits per heavy atom. The summed E-state index contributed by atoms with van der Waals surface area (Å²) in [6.07, 6.45) is 1.69. The molecule has 0 spiro atoms. The van der Waals surface area contributed by atoms with Crippen molar-refractivity contribution in [1.29, 1.82) is 0 Å². The lowest BCUT2D eigenvalue weighted by Gasteiger charge is -1.93. The van der Waals surface area contributed by atoms with Crippen molar-refractivity contribution in [3.8, 4) is 10.7 Å². The minimum absolute atomic E-state index is 0.600. The summed E-state index contributed by atoms with van der Waals surface area (Å²) in [6, 6.07) is 3.95. The molecule has 14 heavy (non-hydrogen) atoms. The number of nitrogens with zero attached hydrogens (tertiary/aromatic N) is 4. The van der Waals surface area contributed by atoms with Crippen molar-refractivity contribution in [2.75, 3.05) is 0 Å². The Morgan fingerprint density at radius 2 is 2.36 bits per heavy atom. The van der Waals surface area contributed by atoms with Gasteiger partial charge >= 0.3 is 0 Å². The van der Waals surface area contributed by atoms with Crippen molar-refractivity contribution in [3.63, 3.8) is 0 Å². The fourth-order valence-electron chi connectivity index (χ4n) is 1.18. The summed E-state index contributed by atoms with van der Waals surface area (Å²) >= 11 is 1.60. The van der Waals surface area contributed by atoms with Gasteiger partial charge < -0.3 is 0 Å². The summed E-state index contributed by atoms with van der Waals surface area (Å²) in [5.41, 5.74) is 1.36. The summed E-state index contributed by atoms with van der Waals surface area (Å²) in [5.74, 6) is 0.696. The van der Waals surface area contributed by atoms with Crippen LogP contribution in [-0.2, 0) is 0 Å². The second kappa shape index (κ2) is 2.85. The molecule has 0 amide bonds. The number of aromatic amines is 1. The van der Waals surface area contributed by atoms with Crippen LogP contribution in [0.25, 0.3) is 21.9 Å². The molecule has 0 unspecified atom stereocenters. The third-order valence-electron chi connectivity index (χ3n) is 1.83. The molecule has 0 aliphatic heterocycles. The number of nitrogens with one attached hydrogen (secondary N) is 1. The molecule has 3 aromatic rings. The number of rotatable bonds is 1. The van der Waals surface area contributed by atoms with Gasteiger partial charge in [0, 0.05) is 0 Å². The number of hydrogen-bond acceptors (Lipinski definition) is 5. The molecule has 0 bridgehead atoms. The number of fused-ring (bicyclic) bond motifs is 1. The van der Waals surface area contributed by atoms with Crippen molar-refractivity contribution >= 4 is 22.5 Å². The van der Waals surface area contributed by atoms with Crippen LogP contribution in [0.4, 0.5) is 0 Å². The van der Waals surface area contributed by atoms with Gasteiger partial charge in [0.25, 0.3) is 0 Å². The molecule has 3 heterocycles. The topological polar surface area (TPSA) is 67.3 Å². The first-order valence-corrected chi connectivity index (χ1v) is 4.89. The van der Waals surface area contributed by atoms with Crippen LogP contribution >= 0.6 is 11.3 Å². The Kier molecular flexibility index (Phi) is 1.54. The first kappa shape index (κ1) is 7.57. The highest BCUT2D eigenvalue weighted by molar-refractivity contribution is 7.13. The van der Waals surface area contributed by atoms with Gasteiger partial charge in [0.2, 0.25) is 5.65 Å². The number of hydrogen-bond donors (Lipinski definition) is 1. The maximum absolute atomic E-state index is 4.27. The lowest BCUT2D eigenvalue weighted by Crippen LogP contribution is -1.86. The van der Waals surface area contributed by atoms with E-state index in [9.17, 15) is 0 Å². The van der Waals surface area contributed by atoms with E-state index in [-0.39, 0.29) is 0 Å². The molecule has 3 rings (SSSR count). The van der Waals surface area contributed by atoms with Crippen LogP contribution in [0, 0.1) is 0 Å². The van der Waals surface area contributed by atoms with Crippen molar-refractivity contribution in [1.82, 2.24) is 25.4 Å². The maximum Gasteiger partial charge on any atom is 0.205 e. The number of H-pyrrole nitrogens is 1. The Balaban J connectivity index is 2.23. The van der Waals surface area contributed by atoms with E-state index in [1.165, 1.54) is 0 Å². The monoisotopic (exact) mass is 203 g/mol. The standard InChI is InChI=1S/C8H5N5S/c1-2-6(14-3-1)8-9-4-5-7(10-8)12-13-11-5/h1-4H,(H,9,10,11,12,13). The van der Waals surface area contributed by atoms with Crippen LogP contribution in [0.3, 0.4) is 0 Å². The predicted molar refractivity (Wildman–Crippen MR) is 52.8 cm³/mol. The number of aromatic nitrogens is 5. The van der Waals surface area contributed by atoms with Crippen molar-refractivity contribution in [2.45, 2.75) is 0 Å². The SMILES string of the molecule is c1csc(-c2ncc3[nH]nnc3n2)c1. The molecule has 1 N–H and O–H groups in total. The van der Waals surface area contributed by atoms with Gasteiger partial charge in [-0.3, -0.25) is 5.10 Å². The van der Waals surface area contributed by atoms with Crippen LogP contribution in [0.15, 0.2) is 23.7 Å². The van der Waals surface area contributed by atoms with Gasteiger partial charge in [-0.15, -0.1) is 16.4 Å². The van der Waals surface area contributed by atoms with E-state index < -0.39 is 0 Å². The molecular formula is C8H5N5S. The molecule has 3 aromatic heterocycles. The van der Waals surface area contributed by atoms with Crippen LogP contribution in [0.1, 0.15) is 0 Å². The predicted octanol–water partition coefficient (Wildman–Crippen LogP) is 1.48. The van der Waals surface area contributed by atoms with Gasteiger partial charge in [0.1, 0.15) is 5.52 Å². The average Bonchev–Trinajstić information content (AvgIpc) is 2.88. The fraction of sp³-hybridized carbons (Fsp3) is 0. The van der Waals surface area contributed by atoms with Crippen molar-refractivity contribution < 1.29 is 0 Å². The smallest absolute Gasteiger partial charge is 0.205 e. The summed E-state index contributed by atoms with van der Waals surface area (Å²) in [6.45, 7) is 0. The van der Waals surface area contributed by atoms with Gasteiger partial charge in [0.15, 0.2) is 5.82 Å². The molecule has 0 saturated heterocycles. The molecule has 0 aliphatic rings. The Morgan fingerprint density at radius 1 is 1.36 bits per heavy atom. The van der Waals surface area contributed by atoms with E-state index in [0.29, 0.717) is 11.5 Å². The highest BCUT2D eigenvalue weighted by atomic mass is 32.1. The lowest BCUT2D eigenvalue weighted by molar-refractivity contribution is 0.955. The molecule has 0 aliphatic carbocycles. The van der Waals surface area contributed by atoms with Crippen LogP contribution < -0.4 is 0 Å². The minimum Gasteiger partial charge on any atom is -0.254 e. The largest absolute Gasteiger partial charge is 0.254 e. The molecule has 0 saturated carbocycles. The highest BCUT2D eigenvalue weighted by Gasteiger charge is 2.05. The van der Waals surface area contributed by atoms with E-state index in [1.54, 1.807) is 17.5 Å². The third-order valence-corrected chi connectivity index (χ3v) is 2.69. The fourth-order valence-corrected chi connectivity index (χ4v) is 1.84. The number of thiophene rings is 1. The second-order valence-electron chi connectivity index (χ2n) is 2.72. The summed E-state index contributed by atoms with van der Waals surface area (Å²) in [5, 5.41) is 12.2. The van der Waals surface area contributed by atoms with E-state index >= 15 is 0 Å². The lowest BCUT2D eigenvalue weighted by atomic mass is 10.4. The molecular weight excluding hydrogens is 198 g/mol. The quantitative estimate of drug-likeness (QED) is 0.650. The Labute approximate surface area is 82.8 Å². The summed E-state index contributed by atoms with van der Waals surface area (Å²) in [4.78, 5) is 9.52. The van der Waals surface area contributed by atoms with Gasteiger partial charge in [0.05, 0.1) is 11.1 Å². The van der Waals surface area contributed by atoms with Crippen LogP contribution in [0.5, 0.6) is 0 Å². The van der Waals surface area contributed by atoms with Crippen LogP contribution in [-0.4, -0.2) is 25.4 Å². The zero-order valence-electron chi connectivity index (χ0n) is 7.01. The van der Waals surface area contributed by atoms with E-state index in [4.69, 9.17) is 0 Å². The van der Waals surface area contributed by atoms with Gasteiger partial charge in [-0.05, 0) is 11.4 Å². The molecule has 0 radical (unpaired) electrons. The highest BCUT2D eigenvalue weighted by Crippen LogP contribution is 2.21. The Bertz CT molecular complexity index is 556. The zero-order valence-corrected chi connectivity index (χ0v) is 7.82. The van der Waals surface area contributed by atoms with Crippen molar-refractivity contribution in [2.24, 2.45) is 0 Å². The zero-order chi connectivity index (χ0) is 9.38. The minimum atomic E-state index is 0.600. The second-order valence-corrected chi connectivity index (χ2v) is 3.67. The molecule has 0 aromatic carbocycles. The van der Waals surface area contributed by atoms with Crippen molar-refractivity contribution in [3.05, 3.63) is 23.7 Å². The van der Waals surface area contributed by atoms with E-state index in [1.807, 2.05) is 17.5 Å². The average molecular weight is 203 g/mol. The molecule has 5 nitrogen and oxygen atoms in total. The molecule has 68 valence electrons. The molecule has 0 atom stereocenters. The first-order chi connectivity index (χ1) is 6.93. The first-order valence-electron chi connectivity index (χ1n) is 4.01. The van der Waals surface area contributed by atoms with E-state index in [0.717, 1.165) is 10.4 Å². The van der Waals surface area contributed by atoms with Gasteiger partial charge in [-0.2, -0.15) is 0 Å².